The number of benzene rings is 1. The smallest absolute Gasteiger partial charge is 0.408 e. The molecule has 0 saturated heterocycles. The van der Waals surface area contributed by atoms with E-state index in [2.05, 4.69) is 5.32 Å². The molecule has 2 N–H and O–H groups in total. The molecule has 1 aromatic rings. The molecule has 1 atom stereocenters. The molecule has 0 radical (unpaired) electrons. The highest BCUT2D eigenvalue weighted by Crippen LogP contribution is 2.20. The molecule has 0 bridgehead atoms. The summed E-state index contributed by atoms with van der Waals surface area (Å²) in [6, 6.07) is 9.04. The Balaban J connectivity index is 2.68. The first-order chi connectivity index (χ1) is 12.1. The van der Waals surface area contributed by atoms with Crippen LogP contribution in [0.1, 0.15) is 52.5 Å². The summed E-state index contributed by atoms with van der Waals surface area (Å²) in [6.07, 6.45) is -0.960. The number of nitrogens with one attached hydrogen (secondary N) is 1. The van der Waals surface area contributed by atoms with Crippen LogP contribution in [0.15, 0.2) is 30.3 Å². The molecule has 26 heavy (non-hydrogen) atoms. The van der Waals surface area contributed by atoms with Gasteiger partial charge in [-0.2, -0.15) is 0 Å². The van der Waals surface area contributed by atoms with E-state index in [0.29, 0.717) is 0 Å². The zero-order valence-electron chi connectivity index (χ0n) is 15.7. The number of hydrogen-bond acceptors (Lipinski definition) is 5. The van der Waals surface area contributed by atoms with Crippen molar-refractivity contribution in [2.75, 3.05) is 0 Å². The molecule has 0 unspecified atom stereocenters. The van der Waals surface area contributed by atoms with Crippen LogP contribution in [0.4, 0.5) is 4.79 Å². The van der Waals surface area contributed by atoms with E-state index in [1.807, 2.05) is 18.2 Å². The minimum atomic E-state index is -1.59. The SMILES string of the molecule is CC[C@@](CCC(=O)OC(C)(C)C)(NC(=O)OCc1ccccc1)C(=O)O. The van der Waals surface area contributed by atoms with Gasteiger partial charge in [0, 0.05) is 6.42 Å². The van der Waals surface area contributed by atoms with Crippen LogP contribution in [0, 0.1) is 0 Å². The number of carbonyl (C=O) groups excluding carboxylic acids is 2. The molecule has 1 rings (SSSR count). The van der Waals surface area contributed by atoms with Crippen LogP contribution < -0.4 is 5.32 Å². The number of carboxylic acids is 1. The Bertz CT molecular complexity index is 623. The lowest BCUT2D eigenvalue weighted by molar-refractivity contribution is -0.156. The molecule has 0 heterocycles. The van der Waals surface area contributed by atoms with E-state index in [-0.39, 0.29) is 25.9 Å². The summed E-state index contributed by atoms with van der Waals surface area (Å²) in [5.74, 6) is -1.74. The van der Waals surface area contributed by atoms with E-state index in [4.69, 9.17) is 9.47 Å². The second-order valence-electron chi connectivity index (χ2n) is 7.01. The zero-order valence-corrected chi connectivity index (χ0v) is 15.7. The molecule has 0 fully saturated rings. The Morgan fingerprint density at radius 3 is 2.23 bits per heavy atom. The Labute approximate surface area is 153 Å². The van der Waals surface area contributed by atoms with Gasteiger partial charge in [0.1, 0.15) is 17.7 Å². The van der Waals surface area contributed by atoms with Crippen LogP contribution in [0.2, 0.25) is 0 Å². The molecule has 1 amide bonds. The van der Waals surface area contributed by atoms with Crippen molar-refractivity contribution >= 4 is 18.0 Å². The molecule has 144 valence electrons. The van der Waals surface area contributed by atoms with Gasteiger partial charge in [0.05, 0.1) is 0 Å². The van der Waals surface area contributed by atoms with E-state index in [1.54, 1.807) is 39.8 Å². The molecule has 7 heteroatoms. The fraction of sp³-hybridized carbons (Fsp3) is 0.526. The van der Waals surface area contributed by atoms with Crippen molar-refractivity contribution in [3.8, 4) is 0 Å². The maximum absolute atomic E-state index is 12.1. The number of carbonyl (C=O) groups is 3. The minimum Gasteiger partial charge on any atom is -0.480 e. The molecule has 0 aliphatic rings. The number of alkyl carbamates (subject to hydrolysis) is 1. The Hall–Kier alpha value is -2.57. The van der Waals surface area contributed by atoms with Gasteiger partial charge in [0.25, 0.3) is 0 Å². The average molecular weight is 365 g/mol. The van der Waals surface area contributed by atoms with Crippen LogP contribution in [-0.2, 0) is 25.7 Å². The standard InChI is InChI=1S/C19H27NO6/c1-5-19(16(22)23,12-11-15(21)26-18(2,3)4)20-17(24)25-13-14-9-7-6-8-10-14/h6-10H,5,11-13H2,1-4H3,(H,20,24)(H,22,23)/t19-/m0/s1. The molecule has 0 aliphatic heterocycles. The van der Waals surface area contributed by atoms with Crippen molar-refractivity contribution in [1.29, 1.82) is 0 Å². The zero-order chi connectivity index (χ0) is 19.8. The number of aliphatic carboxylic acids is 1. The van der Waals surface area contributed by atoms with Gasteiger partial charge in [-0.05, 0) is 39.2 Å². The predicted molar refractivity (Wildman–Crippen MR) is 95.5 cm³/mol. The summed E-state index contributed by atoms with van der Waals surface area (Å²) in [6.45, 7) is 6.84. The van der Waals surface area contributed by atoms with Crippen molar-refractivity contribution in [2.24, 2.45) is 0 Å². The summed E-state index contributed by atoms with van der Waals surface area (Å²) < 4.78 is 10.3. The number of carboxylic acid groups (broad SMARTS) is 1. The normalized spacial score (nSPS) is 13.4. The summed E-state index contributed by atoms with van der Waals surface area (Å²) in [5, 5.41) is 12.0. The van der Waals surface area contributed by atoms with Gasteiger partial charge >= 0.3 is 18.0 Å². The fourth-order valence-electron chi connectivity index (χ4n) is 2.30. The van der Waals surface area contributed by atoms with Gasteiger partial charge in [-0.15, -0.1) is 0 Å². The van der Waals surface area contributed by atoms with E-state index >= 15 is 0 Å². The van der Waals surface area contributed by atoms with Crippen LogP contribution in [-0.4, -0.2) is 34.3 Å². The minimum absolute atomic E-state index is 0.0259. The molecule has 1 aromatic carbocycles. The molecule has 7 nitrogen and oxygen atoms in total. The third kappa shape index (κ3) is 7.13. The molecule has 0 aliphatic carbocycles. The number of ether oxygens (including phenoxy) is 2. The van der Waals surface area contributed by atoms with E-state index in [1.165, 1.54) is 0 Å². The second-order valence-corrected chi connectivity index (χ2v) is 7.01. The third-order valence-corrected chi connectivity index (χ3v) is 3.74. The Morgan fingerprint density at radius 2 is 1.73 bits per heavy atom. The van der Waals surface area contributed by atoms with Crippen molar-refractivity contribution < 1.29 is 29.0 Å². The first-order valence-electron chi connectivity index (χ1n) is 8.52. The number of esters is 1. The highest BCUT2D eigenvalue weighted by atomic mass is 16.6. The van der Waals surface area contributed by atoms with E-state index < -0.39 is 29.2 Å². The van der Waals surface area contributed by atoms with Crippen molar-refractivity contribution in [1.82, 2.24) is 5.32 Å². The van der Waals surface area contributed by atoms with Crippen molar-refractivity contribution in [3.63, 3.8) is 0 Å². The van der Waals surface area contributed by atoms with Gasteiger partial charge in [-0.25, -0.2) is 9.59 Å². The Kier molecular flexibility index (Phi) is 7.61. The lowest BCUT2D eigenvalue weighted by Crippen LogP contribution is -2.54. The molecule has 0 aromatic heterocycles. The van der Waals surface area contributed by atoms with Crippen LogP contribution >= 0.6 is 0 Å². The highest BCUT2D eigenvalue weighted by Gasteiger charge is 2.39. The number of rotatable bonds is 8. The second kappa shape index (κ2) is 9.22. The Morgan fingerprint density at radius 1 is 1.12 bits per heavy atom. The van der Waals surface area contributed by atoms with Crippen LogP contribution in [0.25, 0.3) is 0 Å². The summed E-state index contributed by atoms with van der Waals surface area (Å²) in [5.41, 5.74) is -1.46. The lowest BCUT2D eigenvalue weighted by atomic mass is 9.90. The molecule has 0 spiro atoms. The fourth-order valence-corrected chi connectivity index (χ4v) is 2.30. The third-order valence-electron chi connectivity index (χ3n) is 3.74. The summed E-state index contributed by atoms with van der Waals surface area (Å²) in [4.78, 5) is 35.7. The number of amides is 1. The monoisotopic (exact) mass is 365 g/mol. The largest absolute Gasteiger partial charge is 0.480 e. The van der Waals surface area contributed by atoms with E-state index in [9.17, 15) is 19.5 Å². The first kappa shape index (κ1) is 21.5. The summed E-state index contributed by atoms with van der Waals surface area (Å²) >= 11 is 0. The van der Waals surface area contributed by atoms with Gasteiger partial charge in [0.2, 0.25) is 0 Å². The first-order valence-corrected chi connectivity index (χ1v) is 8.52. The topological polar surface area (TPSA) is 102 Å². The average Bonchev–Trinajstić information content (AvgIpc) is 2.56. The molecular weight excluding hydrogens is 338 g/mol. The van der Waals surface area contributed by atoms with Crippen molar-refractivity contribution in [3.05, 3.63) is 35.9 Å². The quantitative estimate of drug-likeness (QED) is 0.686. The maximum atomic E-state index is 12.1. The summed E-state index contributed by atoms with van der Waals surface area (Å²) in [7, 11) is 0. The molecular formula is C19H27NO6. The lowest BCUT2D eigenvalue weighted by Gasteiger charge is -2.29. The van der Waals surface area contributed by atoms with Gasteiger partial charge < -0.3 is 19.9 Å². The highest BCUT2D eigenvalue weighted by molar-refractivity contribution is 5.85. The van der Waals surface area contributed by atoms with Gasteiger partial charge in [-0.1, -0.05) is 37.3 Å². The predicted octanol–water partition coefficient (Wildman–Crippen LogP) is 3.27. The van der Waals surface area contributed by atoms with Crippen LogP contribution in [0.5, 0.6) is 0 Å². The van der Waals surface area contributed by atoms with Crippen LogP contribution in [0.3, 0.4) is 0 Å². The maximum Gasteiger partial charge on any atom is 0.408 e. The van der Waals surface area contributed by atoms with Gasteiger partial charge in [-0.3, -0.25) is 4.79 Å². The molecule has 0 saturated carbocycles. The van der Waals surface area contributed by atoms with E-state index in [0.717, 1.165) is 5.56 Å². The van der Waals surface area contributed by atoms with Crippen molar-refractivity contribution in [2.45, 2.75) is 64.7 Å². The van der Waals surface area contributed by atoms with Gasteiger partial charge in [0.15, 0.2) is 0 Å². The number of hydrogen-bond donors (Lipinski definition) is 2.